The van der Waals surface area contributed by atoms with Crippen molar-refractivity contribution < 1.29 is 0 Å². The van der Waals surface area contributed by atoms with Crippen molar-refractivity contribution in [2.75, 3.05) is 5.88 Å². The first-order valence-electron chi connectivity index (χ1n) is 8.04. The summed E-state index contributed by atoms with van der Waals surface area (Å²) in [5.41, 5.74) is 3.22. The van der Waals surface area contributed by atoms with Crippen LogP contribution in [0, 0.1) is 18.8 Å². The lowest BCUT2D eigenvalue weighted by atomic mass is 9.83. The fraction of sp³-hybridized carbons (Fsp3) is 0.750. The van der Waals surface area contributed by atoms with Gasteiger partial charge in [0.15, 0.2) is 5.65 Å². The molecule has 0 aliphatic heterocycles. The van der Waals surface area contributed by atoms with Crippen molar-refractivity contribution >= 4 is 22.8 Å². The fourth-order valence-corrected chi connectivity index (χ4v) is 3.79. The first kappa shape index (κ1) is 14.9. The zero-order chi connectivity index (χ0) is 15.0. The van der Waals surface area contributed by atoms with Gasteiger partial charge < -0.3 is 4.57 Å². The van der Waals surface area contributed by atoms with Gasteiger partial charge in [-0.2, -0.15) is 5.10 Å². The van der Waals surface area contributed by atoms with E-state index in [2.05, 4.69) is 16.6 Å². The number of fused-ring (bicyclic) bond motifs is 1. The molecule has 0 saturated heterocycles. The largest absolute Gasteiger partial charge is 0.313 e. The molecule has 1 saturated carbocycles. The van der Waals surface area contributed by atoms with E-state index in [1.165, 1.54) is 25.7 Å². The third-order valence-corrected chi connectivity index (χ3v) is 5.05. The minimum Gasteiger partial charge on any atom is -0.313 e. The summed E-state index contributed by atoms with van der Waals surface area (Å²) in [6.07, 6.45) is 6.21. The smallest absolute Gasteiger partial charge is 0.158 e. The number of alkyl halides is 1. The second kappa shape index (κ2) is 5.99. The molecule has 1 aliphatic carbocycles. The van der Waals surface area contributed by atoms with Crippen molar-refractivity contribution in [3.63, 3.8) is 0 Å². The van der Waals surface area contributed by atoms with Crippen LogP contribution in [0.5, 0.6) is 0 Å². The van der Waals surface area contributed by atoms with Crippen molar-refractivity contribution in [1.82, 2.24) is 19.3 Å². The van der Waals surface area contributed by atoms with Gasteiger partial charge >= 0.3 is 0 Å². The molecule has 2 aromatic heterocycles. The SMILES string of the molecule is Cc1nn(C)c2c1nc(CCCl)n2CC1CCC(C)CC1. The Balaban J connectivity index is 1.93. The predicted molar refractivity (Wildman–Crippen MR) is 86.8 cm³/mol. The summed E-state index contributed by atoms with van der Waals surface area (Å²) in [6.45, 7) is 5.47. The lowest BCUT2D eigenvalue weighted by Crippen LogP contribution is -2.20. The topological polar surface area (TPSA) is 35.6 Å². The van der Waals surface area contributed by atoms with Crippen molar-refractivity contribution in [2.45, 2.75) is 52.5 Å². The molecule has 2 aromatic rings. The molecule has 0 atom stereocenters. The Morgan fingerprint density at radius 1 is 1.24 bits per heavy atom. The fourth-order valence-electron chi connectivity index (χ4n) is 3.62. The van der Waals surface area contributed by atoms with E-state index in [4.69, 9.17) is 16.6 Å². The maximum Gasteiger partial charge on any atom is 0.158 e. The predicted octanol–water partition coefficient (Wildman–Crippen LogP) is 3.69. The molecule has 116 valence electrons. The van der Waals surface area contributed by atoms with Crippen molar-refractivity contribution in [3.8, 4) is 0 Å². The van der Waals surface area contributed by atoms with Crippen LogP contribution >= 0.6 is 11.6 Å². The van der Waals surface area contributed by atoms with Gasteiger partial charge in [0.2, 0.25) is 0 Å². The minimum atomic E-state index is 0.623. The molecule has 5 heteroatoms. The molecule has 2 heterocycles. The van der Waals surface area contributed by atoms with Gasteiger partial charge in [-0.05, 0) is 31.6 Å². The second-order valence-corrected chi connectivity index (χ2v) is 6.96. The summed E-state index contributed by atoms with van der Waals surface area (Å²) in [7, 11) is 2.01. The molecule has 0 unspecified atom stereocenters. The number of nitrogens with zero attached hydrogens (tertiary/aromatic N) is 4. The summed E-state index contributed by atoms with van der Waals surface area (Å²) < 4.78 is 4.35. The van der Waals surface area contributed by atoms with Gasteiger partial charge in [-0.15, -0.1) is 11.6 Å². The summed E-state index contributed by atoms with van der Waals surface area (Å²) in [5.74, 6) is 3.40. The summed E-state index contributed by atoms with van der Waals surface area (Å²) >= 11 is 5.97. The third-order valence-electron chi connectivity index (χ3n) is 4.86. The van der Waals surface area contributed by atoms with Crippen LogP contribution < -0.4 is 0 Å². The average molecular weight is 309 g/mol. The van der Waals surface area contributed by atoms with Gasteiger partial charge in [-0.25, -0.2) is 4.98 Å². The Bertz CT molecular complexity index is 620. The summed E-state index contributed by atoms with van der Waals surface area (Å²) in [5, 5.41) is 4.52. The molecule has 0 amide bonds. The van der Waals surface area contributed by atoms with Gasteiger partial charge in [0.1, 0.15) is 11.3 Å². The standard InChI is InChI=1S/C16H25ClN4/c1-11-4-6-13(7-5-11)10-21-14(8-9-17)18-15-12(2)19-20(3)16(15)21/h11,13H,4-10H2,1-3H3. The highest BCUT2D eigenvalue weighted by Gasteiger charge is 2.23. The van der Waals surface area contributed by atoms with Crippen LogP contribution in [-0.4, -0.2) is 25.2 Å². The molecule has 0 bridgehead atoms. The average Bonchev–Trinajstić information content (AvgIpc) is 2.93. The van der Waals surface area contributed by atoms with Crippen molar-refractivity contribution in [3.05, 3.63) is 11.5 Å². The number of aromatic nitrogens is 4. The Morgan fingerprint density at radius 3 is 2.62 bits per heavy atom. The Labute approximate surface area is 131 Å². The molecule has 0 aromatic carbocycles. The van der Waals surface area contributed by atoms with E-state index in [-0.39, 0.29) is 0 Å². The molecular formula is C16H25ClN4. The first-order chi connectivity index (χ1) is 10.1. The molecule has 21 heavy (non-hydrogen) atoms. The highest BCUT2D eigenvalue weighted by Crippen LogP contribution is 2.31. The first-order valence-corrected chi connectivity index (χ1v) is 8.58. The third kappa shape index (κ3) is 2.83. The molecule has 4 nitrogen and oxygen atoms in total. The molecular weight excluding hydrogens is 284 g/mol. The van der Waals surface area contributed by atoms with Crippen LogP contribution in [0.3, 0.4) is 0 Å². The molecule has 0 spiro atoms. The van der Waals surface area contributed by atoms with Crippen LogP contribution in [0.4, 0.5) is 0 Å². The summed E-state index contributed by atoms with van der Waals surface area (Å²) in [6, 6.07) is 0. The lowest BCUT2D eigenvalue weighted by Gasteiger charge is -2.27. The highest BCUT2D eigenvalue weighted by molar-refractivity contribution is 6.17. The second-order valence-electron chi connectivity index (χ2n) is 6.58. The maximum absolute atomic E-state index is 5.97. The molecule has 1 aliphatic rings. The lowest BCUT2D eigenvalue weighted by molar-refractivity contribution is 0.264. The van der Waals surface area contributed by atoms with E-state index >= 15 is 0 Å². The minimum absolute atomic E-state index is 0.623. The number of rotatable bonds is 4. The van der Waals surface area contributed by atoms with Gasteiger partial charge in [-0.1, -0.05) is 19.8 Å². The number of hydrogen-bond acceptors (Lipinski definition) is 2. The zero-order valence-electron chi connectivity index (χ0n) is 13.3. The molecule has 1 fully saturated rings. The van der Waals surface area contributed by atoms with Crippen LogP contribution in [0.25, 0.3) is 11.2 Å². The molecule has 3 rings (SSSR count). The monoisotopic (exact) mass is 308 g/mol. The van der Waals surface area contributed by atoms with E-state index < -0.39 is 0 Å². The number of aryl methyl sites for hydroxylation is 3. The Morgan fingerprint density at radius 2 is 1.95 bits per heavy atom. The van der Waals surface area contributed by atoms with E-state index in [1.54, 1.807) is 0 Å². The molecule has 0 radical (unpaired) electrons. The molecule has 0 N–H and O–H groups in total. The maximum atomic E-state index is 5.97. The summed E-state index contributed by atoms with van der Waals surface area (Å²) in [4.78, 5) is 4.80. The van der Waals surface area contributed by atoms with E-state index in [1.807, 2.05) is 18.7 Å². The van der Waals surface area contributed by atoms with Gasteiger partial charge in [-0.3, -0.25) is 4.68 Å². The van der Waals surface area contributed by atoms with Crippen LogP contribution in [0.2, 0.25) is 0 Å². The zero-order valence-corrected chi connectivity index (χ0v) is 14.0. The van der Waals surface area contributed by atoms with Crippen LogP contribution in [-0.2, 0) is 20.0 Å². The van der Waals surface area contributed by atoms with E-state index in [0.717, 1.165) is 47.5 Å². The van der Waals surface area contributed by atoms with Gasteiger partial charge in [0.25, 0.3) is 0 Å². The van der Waals surface area contributed by atoms with Crippen LogP contribution in [0.1, 0.15) is 44.1 Å². The van der Waals surface area contributed by atoms with E-state index in [0.29, 0.717) is 5.88 Å². The quantitative estimate of drug-likeness (QED) is 0.808. The van der Waals surface area contributed by atoms with Gasteiger partial charge in [0.05, 0.1) is 5.69 Å². The van der Waals surface area contributed by atoms with Crippen LogP contribution in [0.15, 0.2) is 0 Å². The highest BCUT2D eigenvalue weighted by atomic mass is 35.5. The Kier molecular flexibility index (Phi) is 4.25. The van der Waals surface area contributed by atoms with Crippen molar-refractivity contribution in [2.24, 2.45) is 18.9 Å². The van der Waals surface area contributed by atoms with Crippen molar-refractivity contribution in [1.29, 1.82) is 0 Å². The number of imidazole rings is 1. The van der Waals surface area contributed by atoms with E-state index in [9.17, 15) is 0 Å². The Hall–Kier alpha value is -1.03. The number of halogens is 1. The van der Waals surface area contributed by atoms with Gasteiger partial charge in [0, 0.05) is 25.9 Å². The normalized spacial score (nSPS) is 23.0. The number of hydrogen-bond donors (Lipinski definition) is 0.